The van der Waals surface area contributed by atoms with Crippen LogP contribution in [0.3, 0.4) is 0 Å². The number of aliphatic hydroxyl groups excluding tert-OH is 2. The van der Waals surface area contributed by atoms with Crippen LogP contribution in [-0.4, -0.2) is 34.6 Å². The van der Waals surface area contributed by atoms with Crippen molar-refractivity contribution in [2.45, 2.75) is 45.0 Å². The summed E-state index contributed by atoms with van der Waals surface area (Å²) in [4.78, 5) is 11.5. The number of ether oxygens (including phenoxy) is 1. The van der Waals surface area contributed by atoms with E-state index in [1.54, 1.807) is 20.8 Å². The number of hydrogen-bond donors (Lipinski definition) is 3. The molecule has 0 spiro atoms. The van der Waals surface area contributed by atoms with Crippen molar-refractivity contribution in [3.8, 4) is 6.07 Å². The maximum Gasteiger partial charge on any atom is 0.407 e. The highest BCUT2D eigenvalue weighted by molar-refractivity contribution is 5.67. The predicted molar refractivity (Wildman–Crippen MR) is 80.9 cm³/mol. The highest BCUT2D eigenvalue weighted by Crippen LogP contribution is 2.23. The van der Waals surface area contributed by atoms with Gasteiger partial charge in [-0.3, -0.25) is 0 Å². The number of alkyl carbamates (subject to hydrolysis) is 1. The maximum absolute atomic E-state index is 13.2. The summed E-state index contributed by atoms with van der Waals surface area (Å²) in [5.41, 5.74) is -0.541. The predicted octanol–water partition coefficient (Wildman–Crippen LogP) is 2.01. The Hall–Kier alpha value is -2.17. The number of halogens is 1. The third-order valence-electron chi connectivity index (χ3n) is 2.93. The molecule has 0 fully saturated rings. The number of amides is 1. The van der Waals surface area contributed by atoms with E-state index in [0.29, 0.717) is 0 Å². The Labute approximate surface area is 134 Å². The summed E-state index contributed by atoms with van der Waals surface area (Å²) in [5.74, 6) is -0.614. The fraction of sp³-hybridized carbons (Fsp3) is 0.500. The van der Waals surface area contributed by atoms with E-state index in [-0.39, 0.29) is 24.1 Å². The fourth-order valence-electron chi connectivity index (χ4n) is 1.88. The Morgan fingerprint density at radius 3 is 2.65 bits per heavy atom. The lowest BCUT2D eigenvalue weighted by molar-refractivity contribution is 0.0120. The van der Waals surface area contributed by atoms with Crippen LogP contribution in [0.1, 0.15) is 44.4 Å². The molecule has 0 saturated carbocycles. The quantitative estimate of drug-likeness (QED) is 0.769. The molecule has 0 aliphatic heterocycles. The minimum absolute atomic E-state index is 0.0114. The van der Waals surface area contributed by atoms with Crippen molar-refractivity contribution in [2.24, 2.45) is 0 Å². The summed E-state index contributed by atoms with van der Waals surface area (Å²) >= 11 is 0. The molecule has 7 heteroatoms. The van der Waals surface area contributed by atoms with Gasteiger partial charge in [-0.2, -0.15) is 5.26 Å². The molecule has 1 aromatic carbocycles. The molecule has 3 N–H and O–H groups in total. The van der Waals surface area contributed by atoms with Gasteiger partial charge in [0.15, 0.2) is 0 Å². The molecule has 0 aromatic heterocycles. The third-order valence-corrected chi connectivity index (χ3v) is 2.93. The van der Waals surface area contributed by atoms with Gasteiger partial charge in [0, 0.05) is 12.1 Å². The number of nitrogens with one attached hydrogen (secondary N) is 1. The fourth-order valence-corrected chi connectivity index (χ4v) is 1.88. The van der Waals surface area contributed by atoms with Crippen molar-refractivity contribution in [3.05, 3.63) is 35.1 Å². The average molecular weight is 324 g/mol. The van der Waals surface area contributed by atoms with Crippen LogP contribution in [0.25, 0.3) is 0 Å². The van der Waals surface area contributed by atoms with Gasteiger partial charge < -0.3 is 20.3 Å². The van der Waals surface area contributed by atoms with Gasteiger partial charge >= 0.3 is 6.09 Å². The largest absolute Gasteiger partial charge is 0.444 e. The molecule has 23 heavy (non-hydrogen) atoms. The second kappa shape index (κ2) is 7.90. The third kappa shape index (κ3) is 6.22. The Kier molecular flexibility index (Phi) is 6.49. The number of rotatable bonds is 5. The van der Waals surface area contributed by atoms with E-state index in [0.717, 1.165) is 12.1 Å². The van der Waals surface area contributed by atoms with Crippen LogP contribution in [0, 0.1) is 17.1 Å². The van der Waals surface area contributed by atoms with Gasteiger partial charge in [-0.25, -0.2) is 9.18 Å². The lowest BCUT2D eigenvalue weighted by Crippen LogP contribution is -2.34. The topological polar surface area (TPSA) is 103 Å². The SMILES string of the molecule is CC(C)(C)OC(=O)NCCC(O)C(O)c1cc(F)ccc1C#N. The molecule has 126 valence electrons. The number of carbonyl (C=O) groups is 1. The molecule has 6 nitrogen and oxygen atoms in total. The second-order valence-corrected chi connectivity index (χ2v) is 6.07. The van der Waals surface area contributed by atoms with Crippen LogP contribution in [0.2, 0.25) is 0 Å². The number of aliphatic hydroxyl groups is 2. The zero-order chi connectivity index (χ0) is 17.6. The summed E-state index contributed by atoms with van der Waals surface area (Å²) in [7, 11) is 0. The summed E-state index contributed by atoms with van der Waals surface area (Å²) in [5, 5.41) is 31.4. The maximum atomic E-state index is 13.2. The zero-order valence-corrected chi connectivity index (χ0v) is 13.3. The number of carbonyl (C=O) groups excluding carboxylic acids is 1. The van der Waals surface area contributed by atoms with Gasteiger partial charge in [0.25, 0.3) is 0 Å². The summed E-state index contributed by atoms with van der Waals surface area (Å²) in [6.45, 7) is 5.22. The molecule has 0 aliphatic carbocycles. The van der Waals surface area contributed by atoms with Gasteiger partial charge in [-0.05, 0) is 45.4 Å². The van der Waals surface area contributed by atoms with Crippen molar-refractivity contribution in [1.82, 2.24) is 5.32 Å². The van der Waals surface area contributed by atoms with E-state index in [1.807, 2.05) is 6.07 Å². The van der Waals surface area contributed by atoms with E-state index in [4.69, 9.17) is 10.00 Å². The summed E-state index contributed by atoms with van der Waals surface area (Å²) in [6.07, 6.45) is -3.32. The zero-order valence-electron chi connectivity index (χ0n) is 13.3. The first-order valence-electron chi connectivity index (χ1n) is 7.16. The normalized spacial score (nSPS) is 13.8. The lowest BCUT2D eigenvalue weighted by atomic mass is 9.97. The molecular weight excluding hydrogens is 303 g/mol. The molecule has 2 unspecified atom stereocenters. The van der Waals surface area contributed by atoms with E-state index >= 15 is 0 Å². The highest BCUT2D eigenvalue weighted by atomic mass is 19.1. The average Bonchev–Trinajstić information content (AvgIpc) is 2.44. The Morgan fingerprint density at radius 2 is 2.09 bits per heavy atom. The van der Waals surface area contributed by atoms with E-state index in [2.05, 4.69) is 5.32 Å². The Balaban J connectivity index is 2.59. The number of nitrogens with zero attached hydrogens (tertiary/aromatic N) is 1. The first-order chi connectivity index (χ1) is 10.6. The van der Waals surface area contributed by atoms with Gasteiger partial charge in [0.1, 0.15) is 17.5 Å². The molecule has 1 aromatic rings. The molecule has 1 rings (SSSR count). The highest BCUT2D eigenvalue weighted by Gasteiger charge is 2.22. The molecule has 2 atom stereocenters. The molecular formula is C16H21FN2O4. The van der Waals surface area contributed by atoms with Crippen LogP contribution >= 0.6 is 0 Å². The van der Waals surface area contributed by atoms with Crippen LogP contribution < -0.4 is 5.32 Å². The lowest BCUT2D eigenvalue weighted by Gasteiger charge is -2.21. The number of hydrogen-bond acceptors (Lipinski definition) is 5. The van der Waals surface area contributed by atoms with Crippen LogP contribution in [0.15, 0.2) is 18.2 Å². The first-order valence-corrected chi connectivity index (χ1v) is 7.16. The smallest absolute Gasteiger partial charge is 0.407 e. The summed E-state index contributed by atoms with van der Waals surface area (Å²) < 4.78 is 18.3. The number of benzene rings is 1. The van der Waals surface area contributed by atoms with E-state index in [1.165, 1.54) is 6.07 Å². The van der Waals surface area contributed by atoms with Gasteiger partial charge in [-0.1, -0.05) is 0 Å². The Bertz CT molecular complexity index is 593. The van der Waals surface area contributed by atoms with Crippen molar-refractivity contribution in [3.63, 3.8) is 0 Å². The van der Waals surface area contributed by atoms with Gasteiger partial charge in [0.2, 0.25) is 0 Å². The van der Waals surface area contributed by atoms with Crippen LogP contribution in [0.5, 0.6) is 0 Å². The van der Waals surface area contributed by atoms with Gasteiger partial charge in [-0.15, -0.1) is 0 Å². The molecule has 0 aliphatic rings. The molecule has 1 amide bonds. The number of nitriles is 1. The second-order valence-electron chi connectivity index (χ2n) is 6.07. The van der Waals surface area contributed by atoms with Crippen molar-refractivity contribution < 1.29 is 24.1 Å². The minimum Gasteiger partial charge on any atom is -0.444 e. The monoisotopic (exact) mass is 324 g/mol. The minimum atomic E-state index is -1.43. The standard InChI is InChI=1S/C16H21FN2O4/c1-16(2,3)23-15(22)19-7-6-13(20)14(21)12-8-11(17)5-4-10(12)9-18/h4-5,8,13-14,20-21H,6-7H2,1-3H3,(H,19,22). The van der Waals surface area contributed by atoms with Crippen molar-refractivity contribution in [2.75, 3.05) is 6.54 Å². The Morgan fingerprint density at radius 1 is 1.43 bits per heavy atom. The summed E-state index contributed by atoms with van der Waals surface area (Å²) in [6, 6.07) is 5.18. The molecule has 0 saturated heterocycles. The van der Waals surface area contributed by atoms with E-state index in [9.17, 15) is 19.4 Å². The van der Waals surface area contributed by atoms with Crippen LogP contribution in [0.4, 0.5) is 9.18 Å². The first kappa shape index (κ1) is 18.9. The van der Waals surface area contributed by atoms with Crippen molar-refractivity contribution in [1.29, 1.82) is 5.26 Å². The van der Waals surface area contributed by atoms with Gasteiger partial charge in [0.05, 0.1) is 17.7 Å². The van der Waals surface area contributed by atoms with E-state index < -0.39 is 29.7 Å². The molecule has 0 heterocycles. The van der Waals surface area contributed by atoms with Crippen molar-refractivity contribution >= 4 is 6.09 Å². The van der Waals surface area contributed by atoms with Crippen LogP contribution in [-0.2, 0) is 4.74 Å². The molecule has 0 bridgehead atoms. The molecule has 0 radical (unpaired) electrons.